The van der Waals surface area contributed by atoms with Crippen molar-refractivity contribution >= 4 is 75.9 Å². The minimum absolute atomic E-state index is 0.670. The highest BCUT2D eigenvalue weighted by Gasteiger charge is 2.47. The van der Waals surface area contributed by atoms with Gasteiger partial charge in [0, 0.05) is 32.9 Å². The molecule has 14 rings (SSSR count). The summed E-state index contributed by atoms with van der Waals surface area (Å²) in [5.74, 6) is 0. The maximum absolute atomic E-state index is 2.52. The van der Waals surface area contributed by atoms with Crippen LogP contribution in [-0.4, -0.2) is 9.13 Å². The number of rotatable bonds is 4. The van der Waals surface area contributed by atoms with Crippen molar-refractivity contribution in [2.24, 2.45) is 0 Å². The zero-order valence-electron chi connectivity index (χ0n) is 34.3. The molecule has 2 heteroatoms. The molecule has 0 amide bonds. The molecule has 0 radical (unpaired) electrons. The second kappa shape index (κ2) is 12.9. The van der Waals surface area contributed by atoms with Gasteiger partial charge >= 0.3 is 0 Å². The number of nitrogens with zero attached hydrogens (tertiary/aromatic N) is 2. The Morgan fingerprint density at radius 1 is 0.238 bits per heavy atom. The fourth-order valence-corrected chi connectivity index (χ4v) is 11.6. The molecule has 13 aromatic rings. The van der Waals surface area contributed by atoms with Gasteiger partial charge in [0.25, 0.3) is 0 Å². The number of fused-ring (bicyclic) bond motifs is 15. The van der Waals surface area contributed by atoms with Crippen LogP contribution in [0, 0.1) is 0 Å². The van der Waals surface area contributed by atoms with E-state index >= 15 is 0 Å². The van der Waals surface area contributed by atoms with Crippen LogP contribution in [0.2, 0.25) is 0 Å². The maximum Gasteiger partial charge on any atom is 0.0715 e. The lowest BCUT2D eigenvalue weighted by Crippen LogP contribution is -2.29. The first-order chi connectivity index (χ1) is 31.3. The summed E-state index contributed by atoms with van der Waals surface area (Å²) in [5.41, 5.74) is 14.0. The maximum atomic E-state index is 2.52. The second-order valence-electron chi connectivity index (χ2n) is 17.2. The van der Waals surface area contributed by atoms with E-state index in [0.717, 1.165) is 11.4 Å². The molecule has 11 aromatic carbocycles. The third-order valence-corrected chi connectivity index (χ3v) is 14.2. The summed E-state index contributed by atoms with van der Waals surface area (Å²) in [6.07, 6.45) is 0. The molecule has 2 heterocycles. The minimum Gasteiger partial charge on any atom is -0.309 e. The average molecular weight is 799 g/mol. The van der Waals surface area contributed by atoms with Gasteiger partial charge in [0.15, 0.2) is 0 Å². The average Bonchev–Trinajstić information content (AvgIpc) is 3.98. The van der Waals surface area contributed by atoms with Gasteiger partial charge in [-0.1, -0.05) is 176 Å². The Labute approximate surface area is 364 Å². The van der Waals surface area contributed by atoms with E-state index in [0.29, 0.717) is 0 Å². The molecule has 0 bridgehead atoms. The molecule has 0 unspecified atom stereocenters. The molecule has 292 valence electrons. The molecular weight excluding hydrogens is 761 g/mol. The fraction of sp³-hybridized carbons (Fsp3) is 0.0164. The largest absolute Gasteiger partial charge is 0.309 e. The van der Waals surface area contributed by atoms with Crippen LogP contribution >= 0.6 is 0 Å². The van der Waals surface area contributed by atoms with Crippen molar-refractivity contribution < 1.29 is 0 Å². The molecule has 0 saturated heterocycles. The molecule has 1 aliphatic rings. The number of benzene rings is 11. The summed E-state index contributed by atoms with van der Waals surface area (Å²) in [7, 11) is 0. The molecule has 0 atom stereocenters. The summed E-state index contributed by atoms with van der Waals surface area (Å²) in [6.45, 7) is 0. The Morgan fingerprint density at radius 2 is 0.587 bits per heavy atom. The van der Waals surface area contributed by atoms with E-state index in [1.807, 2.05) is 0 Å². The van der Waals surface area contributed by atoms with Crippen molar-refractivity contribution in [2.45, 2.75) is 5.41 Å². The topological polar surface area (TPSA) is 9.86 Å². The van der Waals surface area contributed by atoms with Crippen molar-refractivity contribution in [3.8, 4) is 22.5 Å². The molecular formula is C61H38N2. The lowest BCUT2D eigenvalue weighted by atomic mass is 9.67. The Kier molecular flexibility index (Phi) is 7.07. The Balaban J connectivity index is 1.13. The standard InChI is InChI=1S/C61H38N2/c1-2-16-39(17-3-1)61(40-30-33-47-45-20-5-4-18-43(45)44-19-6-7-21-46(44)54(47)36-40)55-37-41(62-57-26-12-8-22-50(57)51-23-9-13-27-58(51)62)31-34-48(55)49-35-32-42(38-56(49)61)63-59-28-14-10-24-52(59)53-25-11-15-29-60(53)63/h1-38H. The van der Waals surface area contributed by atoms with Gasteiger partial charge in [-0.15, -0.1) is 0 Å². The number of hydrogen-bond acceptors (Lipinski definition) is 0. The van der Waals surface area contributed by atoms with Crippen LogP contribution in [0.4, 0.5) is 0 Å². The highest BCUT2D eigenvalue weighted by molar-refractivity contribution is 6.25. The summed E-state index contributed by atoms with van der Waals surface area (Å²) in [6, 6.07) is 86.3. The molecule has 0 saturated carbocycles. The van der Waals surface area contributed by atoms with Gasteiger partial charge in [0.1, 0.15) is 0 Å². The summed E-state index contributed by atoms with van der Waals surface area (Å²) in [5, 5.41) is 12.7. The lowest BCUT2D eigenvalue weighted by Gasteiger charge is -2.35. The molecule has 0 fully saturated rings. The van der Waals surface area contributed by atoms with Crippen molar-refractivity contribution in [3.63, 3.8) is 0 Å². The van der Waals surface area contributed by atoms with E-state index in [4.69, 9.17) is 0 Å². The first kappa shape index (κ1) is 34.5. The zero-order valence-corrected chi connectivity index (χ0v) is 34.3. The van der Waals surface area contributed by atoms with E-state index in [9.17, 15) is 0 Å². The van der Waals surface area contributed by atoms with Gasteiger partial charge < -0.3 is 9.13 Å². The minimum atomic E-state index is -0.670. The van der Waals surface area contributed by atoms with Gasteiger partial charge in [-0.25, -0.2) is 0 Å². The zero-order chi connectivity index (χ0) is 41.2. The van der Waals surface area contributed by atoms with Gasteiger partial charge in [-0.05, 0) is 120 Å². The molecule has 0 aliphatic heterocycles. The Morgan fingerprint density at radius 3 is 1.02 bits per heavy atom. The highest BCUT2D eigenvalue weighted by Crippen LogP contribution is 2.58. The van der Waals surface area contributed by atoms with Crippen molar-refractivity contribution in [1.82, 2.24) is 9.13 Å². The van der Waals surface area contributed by atoms with E-state index in [1.165, 1.54) is 109 Å². The predicted octanol–water partition coefficient (Wildman–Crippen LogP) is 15.7. The quantitative estimate of drug-likeness (QED) is 0.157. The van der Waals surface area contributed by atoms with Crippen molar-refractivity contribution in [2.75, 3.05) is 0 Å². The van der Waals surface area contributed by atoms with Crippen molar-refractivity contribution in [3.05, 3.63) is 253 Å². The number of hydrogen-bond donors (Lipinski definition) is 0. The monoisotopic (exact) mass is 798 g/mol. The van der Waals surface area contributed by atoms with Gasteiger partial charge in [-0.2, -0.15) is 0 Å². The van der Waals surface area contributed by atoms with E-state index in [2.05, 4.69) is 240 Å². The molecule has 2 nitrogen and oxygen atoms in total. The van der Waals surface area contributed by atoms with Crippen LogP contribution in [0.3, 0.4) is 0 Å². The smallest absolute Gasteiger partial charge is 0.0715 e. The number of aromatic nitrogens is 2. The molecule has 2 aromatic heterocycles. The first-order valence-electron chi connectivity index (χ1n) is 21.9. The second-order valence-corrected chi connectivity index (χ2v) is 17.2. The molecule has 0 N–H and O–H groups in total. The van der Waals surface area contributed by atoms with Gasteiger partial charge in [0.05, 0.1) is 27.5 Å². The van der Waals surface area contributed by atoms with E-state index < -0.39 is 5.41 Å². The summed E-state index contributed by atoms with van der Waals surface area (Å²) >= 11 is 0. The third-order valence-electron chi connectivity index (χ3n) is 14.2. The highest BCUT2D eigenvalue weighted by atomic mass is 15.0. The third kappa shape index (κ3) is 4.62. The van der Waals surface area contributed by atoms with Crippen molar-refractivity contribution in [1.29, 1.82) is 0 Å². The van der Waals surface area contributed by atoms with Crippen LogP contribution in [0.1, 0.15) is 22.3 Å². The first-order valence-corrected chi connectivity index (χ1v) is 21.9. The molecule has 63 heavy (non-hydrogen) atoms. The van der Waals surface area contributed by atoms with Crippen LogP contribution in [-0.2, 0) is 5.41 Å². The molecule has 1 aliphatic carbocycles. The van der Waals surface area contributed by atoms with E-state index in [1.54, 1.807) is 0 Å². The predicted molar refractivity (Wildman–Crippen MR) is 265 cm³/mol. The fourth-order valence-electron chi connectivity index (χ4n) is 11.6. The van der Waals surface area contributed by atoms with E-state index in [-0.39, 0.29) is 0 Å². The normalized spacial score (nSPS) is 13.2. The SMILES string of the molecule is c1ccc(C2(c3ccc4c5ccccc5c5ccccc5c4c3)c3cc(-n4c5ccccc5c5ccccc54)ccc3-c3ccc(-n4c5ccccc5c5ccccc54)cc32)cc1. The number of para-hydroxylation sites is 4. The summed E-state index contributed by atoms with van der Waals surface area (Å²) < 4.78 is 4.93. The van der Waals surface area contributed by atoms with Gasteiger partial charge in [0.2, 0.25) is 0 Å². The summed E-state index contributed by atoms with van der Waals surface area (Å²) in [4.78, 5) is 0. The van der Waals surface area contributed by atoms with Crippen LogP contribution in [0.25, 0.3) is 98.4 Å². The Hall–Kier alpha value is -8.20. The Bertz CT molecular complexity index is 3730. The molecule has 0 spiro atoms. The van der Waals surface area contributed by atoms with Crippen LogP contribution in [0.5, 0.6) is 0 Å². The lowest BCUT2D eigenvalue weighted by molar-refractivity contribution is 0.768. The van der Waals surface area contributed by atoms with Gasteiger partial charge in [-0.3, -0.25) is 0 Å². The van der Waals surface area contributed by atoms with Crippen LogP contribution < -0.4 is 0 Å². The van der Waals surface area contributed by atoms with Crippen LogP contribution in [0.15, 0.2) is 231 Å².